The predicted octanol–water partition coefficient (Wildman–Crippen LogP) is 4.39. The first-order valence-electron chi connectivity index (χ1n) is 6.12. The highest BCUT2D eigenvalue weighted by atomic mass is 16.5. The van der Waals surface area contributed by atoms with Gasteiger partial charge >= 0.3 is 0 Å². The van der Waals surface area contributed by atoms with Crippen LogP contribution in [-0.2, 0) is 6.42 Å². The van der Waals surface area contributed by atoms with Crippen molar-refractivity contribution in [3.63, 3.8) is 0 Å². The zero-order chi connectivity index (χ0) is 13.7. The minimum absolute atomic E-state index is 0.536. The van der Waals surface area contributed by atoms with Crippen LogP contribution in [0.15, 0.2) is 55.1 Å². The second-order valence-corrected chi connectivity index (χ2v) is 4.31. The lowest BCUT2D eigenvalue weighted by molar-refractivity contribution is 0.475. The van der Waals surface area contributed by atoms with Crippen molar-refractivity contribution < 1.29 is 4.74 Å². The van der Waals surface area contributed by atoms with Gasteiger partial charge in [-0.15, -0.1) is 6.58 Å². The Balaban J connectivity index is 2.40. The van der Waals surface area contributed by atoms with Gasteiger partial charge in [-0.05, 0) is 42.7 Å². The summed E-state index contributed by atoms with van der Waals surface area (Å²) in [4.78, 5) is 0. The molecule has 0 aromatic heterocycles. The highest BCUT2D eigenvalue weighted by Crippen LogP contribution is 2.29. The summed E-state index contributed by atoms with van der Waals surface area (Å²) >= 11 is 0. The van der Waals surface area contributed by atoms with E-state index in [1.165, 1.54) is 0 Å². The first kappa shape index (κ1) is 12.9. The van der Waals surface area contributed by atoms with E-state index < -0.39 is 0 Å². The van der Waals surface area contributed by atoms with Crippen LogP contribution in [0.2, 0.25) is 0 Å². The van der Waals surface area contributed by atoms with Crippen LogP contribution in [0.5, 0.6) is 11.5 Å². The van der Waals surface area contributed by atoms with Gasteiger partial charge in [0.1, 0.15) is 17.6 Å². The van der Waals surface area contributed by atoms with E-state index in [0.717, 1.165) is 23.3 Å². The molecule has 94 valence electrons. The third-order valence-corrected chi connectivity index (χ3v) is 2.81. The maximum Gasteiger partial charge on any atom is 0.145 e. The number of rotatable bonds is 4. The molecular formula is C17H15NO. The Morgan fingerprint density at radius 2 is 2.00 bits per heavy atom. The standard InChI is InChI=1S/C17H15NO/c1-3-6-14-10-9-13(2)11-17(14)19-16-8-5-4-7-15(16)12-18/h3-5,7-11H,1,6H2,2H3. The highest BCUT2D eigenvalue weighted by molar-refractivity contribution is 5.47. The number of allylic oxidation sites excluding steroid dienone is 1. The Labute approximate surface area is 113 Å². The van der Waals surface area contributed by atoms with Crippen molar-refractivity contribution in [2.75, 3.05) is 0 Å². The van der Waals surface area contributed by atoms with Crippen molar-refractivity contribution in [2.24, 2.45) is 0 Å². The van der Waals surface area contributed by atoms with Gasteiger partial charge in [-0.3, -0.25) is 0 Å². The van der Waals surface area contributed by atoms with Gasteiger partial charge in [0.15, 0.2) is 0 Å². The van der Waals surface area contributed by atoms with E-state index in [-0.39, 0.29) is 0 Å². The average Bonchev–Trinajstić information content (AvgIpc) is 2.42. The Hall–Kier alpha value is -2.53. The molecule has 2 nitrogen and oxygen atoms in total. The molecule has 0 atom stereocenters. The fourth-order valence-electron chi connectivity index (χ4n) is 1.85. The van der Waals surface area contributed by atoms with Crippen molar-refractivity contribution in [2.45, 2.75) is 13.3 Å². The third-order valence-electron chi connectivity index (χ3n) is 2.81. The summed E-state index contributed by atoms with van der Waals surface area (Å²) in [6, 6.07) is 15.4. The normalized spacial score (nSPS) is 9.68. The van der Waals surface area contributed by atoms with Crippen LogP contribution in [0.4, 0.5) is 0 Å². The maximum atomic E-state index is 9.08. The first-order chi connectivity index (χ1) is 9.24. The number of hydrogen-bond acceptors (Lipinski definition) is 2. The molecule has 0 spiro atoms. The van der Waals surface area contributed by atoms with Crippen LogP contribution in [0, 0.1) is 18.3 Å². The number of hydrogen-bond donors (Lipinski definition) is 0. The molecule has 0 heterocycles. The van der Waals surface area contributed by atoms with Gasteiger partial charge in [-0.25, -0.2) is 0 Å². The van der Waals surface area contributed by atoms with Crippen molar-refractivity contribution >= 4 is 0 Å². The zero-order valence-corrected chi connectivity index (χ0v) is 10.9. The van der Waals surface area contributed by atoms with E-state index in [9.17, 15) is 0 Å². The summed E-state index contributed by atoms with van der Waals surface area (Å²) in [5.74, 6) is 1.36. The lowest BCUT2D eigenvalue weighted by atomic mass is 10.1. The molecule has 2 rings (SSSR count). The van der Waals surface area contributed by atoms with E-state index >= 15 is 0 Å². The molecule has 0 aliphatic heterocycles. The fourth-order valence-corrected chi connectivity index (χ4v) is 1.85. The minimum atomic E-state index is 0.536. The first-order valence-corrected chi connectivity index (χ1v) is 6.12. The highest BCUT2D eigenvalue weighted by Gasteiger charge is 2.07. The number of nitriles is 1. The average molecular weight is 249 g/mol. The molecular weight excluding hydrogens is 234 g/mol. The Morgan fingerprint density at radius 1 is 1.21 bits per heavy atom. The molecule has 0 N–H and O–H groups in total. The molecule has 2 aromatic rings. The van der Waals surface area contributed by atoms with E-state index in [4.69, 9.17) is 10.00 Å². The molecule has 0 amide bonds. The van der Waals surface area contributed by atoms with Crippen LogP contribution >= 0.6 is 0 Å². The topological polar surface area (TPSA) is 33.0 Å². The van der Waals surface area contributed by atoms with Gasteiger partial charge in [0.2, 0.25) is 0 Å². The lowest BCUT2D eigenvalue weighted by Crippen LogP contribution is -1.93. The summed E-state index contributed by atoms with van der Waals surface area (Å²) in [5, 5.41) is 9.08. The van der Waals surface area contributed by atoms with Gasteiger partial charge in [0.05, 0.1) is 5.56 Å². The van der Waals surface area contributed by atoms with Crippen LogP contribution in [-0.4, -0.2) is 0 Å². The molecule has 0 saturated heterocycles. The van der Waals surface area contributed by atoms with Gasteiger partial charge in [-0.1, -0.05) is 30.3 Å². The Kier molecular flexibility index (Phi) is 4.00. The van der Waals surface area contributed by atoms with E-state index in [1.807, 2.05) is 43.3 Å². The fraction of sp³-hybridized carbons (Fsp3) is 0.118. The molecule has 0 unspecified atom stereocenters. The number of ether oxygens (including phenoxy) is 1. The largest absolute Gasteiger partial charge is 0.456 e. The second-order valence-electron chi connectivity index (χ2n) is 4.31. The third kappa shape index (κ3) is 3.02. The predicted molar refractivity (Wildman–Crippen MR) is 76.3 cm³/mol. The summed E-state index contributed by atoms with van der Waals surface area (Å²) < 4.78 is 5.89. The summed E-state index contributed by atoms with van der Waals surface area (Å²) in [6.07, 6.45) is 2.58. The molecule has 0 saturated carbocycles. The summed E-state index contributed by atoms with van der Waals surface area (Å²) in [5.41, 5.74) is 2.72. The SMILES string of the molecule is C=CCc1ccc(C)cc1Oc1ccccc1C#N. The number of aryl methyl sites for hydroxylation is 1. The van der Waals surface area contributed by atoms with Gasteiger partial charge in [-0.2, -0.15) is 5.26 Å². The zero-order valence-electron chi connectivity index (χ0n) is 10.9. The van der Waals surface area contributed by atoms with Gasteiger partial charge in [0.25, 0.3) is 0 Å². The number of benzene rings is 2. The number of nitrogens with zero attached hydrogens (tertiary/aromatic N) is 1. The van der Waals surface area contributed by atoms with Crippen LogP contribution in [0.1, 0.15) is 16.7 Å². The van der Waals surface area contributed by atoms with Gasteiger partial charge < -0.3 is 4.74 Å². The smallest absolute Gasteiger partial charge is 0.145 e. The molecule has 0 aliphatic carbocycles. The lowest BCUT2D eigenvalue weighted by Gasteiger charge is -2.12. The quantitative estimate of drug-likeness (QED) is 0.753. The van der Waals surface area contributed by atoms with E-state index in [0.29, 0.717) is 11.3 Å². The second kappa shape index (κ2) is 5.88. The van der Waals surface area contributed by atoms with Crippen molar-refractivity contribution in [3.05, 3.63) is 71.8 Å². The molecule has 2 aromatic carbocycles. The molecule has 0 radical (unpaired) electrons. The van der Waals surface area contributed by atoms with Crippen molar-refractivity contribution in [1.29, 1.82) is 5.26 Å². The van der Waals surface area contributed by atoms with Crippen LogP contribution in [0.25, 0.3) is 0 Å². The molecule has 0 bridgehead atoms. The van der Waals surface area contributed by atoms with Crippen LogP contribution in [0.3, 0.4) is 0 Å². The Bertz CT molecular complexity index is 638. The maximum absolute atomic E-state index is 9.08. The Morgan fingerprint density at radius 3 is 2.74 bits per heavy atom. The number of para-hydroxylation sites is 1. The summed E-state index contributed by atoms with van der Waals surface area (Å²) in [7, 11) is 0. The van der Waals surface area contributed by atoms with Gasteiger partial charge in [0, 0.05) is 0 Å². The molecule has 2 heteroatoms. The van der Waals surface area contributed by atoms with Crippen molar-refractivity contribution in [3.8, 4) is 17.6 Å². The molecule has 19 heavy (non-hydrogen) atoms. The van der Waals surface area contributed by atoms with E-state index in [1.54, 1.807) is 12.1 Å². The molecule has 0 aliphatic rings. The minimum Gasteiger partial charge on any atom is -0.456 e. The summed E-state index contributed by atoms with van der Waals surface area (Å²) in [6.45, 7) is 5.77. The van der Waals surface area contributed by atoms with Crippen molar-refractivity contribution in [1.82, 2.24) is 0 Å². The van der Waals surface area contributed by atoms with Crippen LogP contribution < -0.4 is 4.74 Å². The van der Waals surface area contributed by atoms with E-state index in [2.05, 4.69) is 12.6 Å². The monoisotopic (exact) mass is 249 g/mol. The molecule has 0 fully saturated rings.